The van der Waals surface area contributed by atoms with Crippen molar-refractivity contribution in [3.8, 4) is 0 Å². The second-order valence-corrected chi connectivity index (χ2v) is 2.91. The molecule has 0 radical (unpaired) electrons. The van der Waals surface area contributed by atoms with Gasteiger partial charge in [0.05, 0.1) is 6.61 Å². The van der Waals surface area contributed by atoms with Crippen LogP contribution < -0.4 is 5.73 Å². The van der Waals surface area contributed by atoms with Crippen LogP contribution in [0, 0.1) is 5.92 Å². The van der Waals surface area contributed by atoms with Gasteiger partial charge in [0, 0.05) is 11.8 Å². The Kier molecular flexibility index (Phi) is 4.34. The fourth-order valence-corrected chi connectivity index (χ4v) is 0.476. The number of hydrogen-bond acceptors (Lipinski definition) is 3. The number of nitrogens with two attached hydrogens (primary N) is 1. The zero-order chi connectivity index (χ0) is 8.85. The minimum absolute atomic E-state index is 0.362. The Balaban J connectivity index is 3.63. The van der Waals surface area contributed by atoms with Crippen LogP contribution in [0.2, 0.25) is 0 Å². The molecular formula is C8H15NO2. The minimum Gasteiger partial charge on any atom is -0.462 e. The van der Waals surface area contributed by atoms with Gasteiger partial charge in [-0.1, -0.05) is 13.8 Å². The van der Waals surface area contributed by atoms with Crippen LogP contribution in [0.5, 0.6) is 0 Å². The van der Waals surface area contributed by atoms with Gasteiger partial charge in [0.1, 0.15) is 0 Å². The third-order valence-corrected chi connectivity index (χ3v) is 0.904. The Bertz CT molecular complexity index is 157. The van der Waals surface area contributed by atoms with Crippen molar-refractivity contribution in [3.05, 3.63) is 11.8 Å². The lowest BCUT2D eigenvalue weighted by molar-refractivity contribution is -0.138. The molecule has 11 heavy (non-hydrogen) atoms. The van der Waals surface area contributed by atoms with Crippen LogP contribution >= 0.6 is 0 Å². The molecule has 64 valence electrons. The van der Waals surface area contributed by atoms with Gasteiger partial charge >= 0.3 is 5.97 Å². The highest BCUT2D eigenvalue weighted by Crippen LogP contribution is 1.94. The van der Waals surface area contributed by atoms with Crippen LogP contribution in [0.1, 0.15) is 20.8 Å². The smallest absolute Gasteiger partial charge is 0.332 e. The maximum Gasteiger partial charge on any atom is 0.332 e. The average Bonchev–Trinajstić information content (AvgIpc) is 1.82. The summed E-state index contributed by atoms with van der Waals surface area (Å²) >= 11 is 0. The SMILES string of the molecule is CC(N)=CC(=O)OCC(C)C. The molecule has 0 bridgehead atoms. The molecule has 0 aromatic rings. The highest BCUT2D eigenvalue weighted by atomic mass is 16.5. The van der Waals surface area contributed by atoms with Crippen molar-refractivity contribution >= 4 is 5.97 Å². The number of carbonyl (C=O) groups is 1. The highest BCUT2D eigenvalue weighted by molar-refractivity contribution is 5.82. The molecule has 0 spiro atoms. The Morgan fingerprint density at radius 2 is 2.18 bits per heavy atom. The average molecular weight is 157 g/mol. The Labute approximate surface area is 67.2 Å². The van der Waals surface area contributed by atoms with Crippen LogP contribution in [0.3, 0.4) is 0 Å². The van der Waals surface area contributed by atoms with Crippen molar-refractivity contribution < 1.29 is 9.53 Å². The Morgan fingerprint density at radius 3 is 2.55 bits per heavy atom. The molecule has 0 rings (SSSR count). The topological polar surface area (TPSA) is 52.3 Å². The molecule has 0 amide bonds. The zero-order valence-electron chi connectivity index (χ0n) is 7.26. The third-order valence-electron chi connectivity index (χ3n) is 0.904. The van der Waals surface area contributed by atoms with Crippen molar-refractivity contribution in [2.45, 2.75) is 20.8 Å². The second-order valence-electron chi connectivity index (χ2n) is 2.91. The molecule has 0 aromatic heterocycles. The van der Waals surface area contributed by atoms with E-state index in [0.29, 0.717) is 18.2 Å². The Hall–Kier alpha value is -0.990. The molecule has 0 atom stereocenters. The number of rotatable bonds is 3. The molecule has 0 saturated carbocycles. The summed E-state index contributed by atoms with van der Waals surface area (Å²) in [5.74, 6) is 0.00382. The van der Waals surface area contributed by atoms with E-state index in [2.05, 4.69) is 0 Å². The van der Waals surface area contributed by atoms with E-state index in [9.17, 15) is 4.79 Å². The molecule has 0 fully saturated rings. The Morgan fingerprint density at radius 1 is 1.64 bits per heavy atom. The first kappa shape index (κ1) is 10.0. The van der Waals surface area contributed by atoms with E-state index in [4.69, 9.17) is 10.5 Å². The van der Waals surface area contributed by atoms with Gasteiger partial charge in [-0.25, -0.2) is 4.79 Å². The molecule has 0 aliphatic rings. The van der Waals surface area contributed by atoms with E-state index < -0.39 is 0 Å². The summed E-state index contributed by atoms with van der Waals surface area (Å²) in [6, 6.07) is 0. The maximum absolute atomic E-state index is 10.8. The van der Waals surface area contributed by atoms with E-state index in [-0.39, 0.29) is 5.97 Å². The summed E-state index contributed by atoms with van der Waals surface area (Å²) < 4.78 is 4.82. The van der Waals surface area contributed by atoms with Crippen molar-refractivity contribution in [2.24, 2.45) is 11.7 Å². The summed E-state index contributed by atoms with van der Waals surface area (Å²) in [6.45, 7) is 6.05. The van der Waals surface area contributed by atoms with Crippen LogP contribution in [0.4, 0.5) is 0 Å². The van der Waals surface area contributed by atoms with Gasteiger partial charge in [0.25, 0.3) is 0 Å². The van der Waals surface area contributed by atoms with Gasteiger partial charge in [0.15, 0.2) is 0 Å². The largest absolute Gasteiger partial charge is 0.462 e. The van der Waals surface area contributed by atoms with E-state index in [1.165, 1.54) is 6.08 Å². The molecule has 0 aliphatic carbocycles. The highest BCUT2D eigenvalue weighted by Gasteiger charge is 1.99. The van der Waals surface area contributed by atoms with Gasteiger partial charge < -0.3 is 10.5 Å². The van der Waals surface area contributed by atoms with E-state index in [0.717, 1.165) is 0 Å². The van der Waals surface area contributed by atoms with Crippen LogP contribution in [0.25, 0.3) is 0 Å². The van der Waals surface area contributed by atoms with Gasteiger partial charge in [0.2, 0.25) is 0 Å². The predicted molar refractivity (Wildman–Crippen MR) is 43.7 cm³/mol. The van der Waals surface area contributed by atoms with E-state index in [1.54, 1.807) is 6.92 Å². The first-order valence-electron chi connectivity index (χ1n) is 3.63. The van der Waals surface area contributed by atoms with Crippen molar-refractivity contribution in [3.63, 3.8) is 0 Å². The number of esters is 1. The number of hydrogen-bond donors (Lipinski definition) is 1. The minimum atomic E-state index is -0.362. The first-order valence-corrected chi connectivity index (χ1v) is 3.63. The molecule has 0 aromatic carbocycles. The molecule has 0 unspecified atom stereocenters. The molecule has 2 N–H and O–H groups in total. The summed E-state index contributed by atoms with van der Waals surface area (Å²) in [5.41, 5.74) is 5.73. The quantitative estimate of drug-likeness (QED) is 0.492. The maximum atomic E-state index is 10.8. The van der Waals surface area contributed by atoms with Gasteiger partial charge in [-0.15, -0.1) is 0 Å². The number of allylic oxidation sites excluding steroid dienone is 1. The van der Waals surface area contributed by atoms with Gasteiger partial charge in [-0.2, -0.15) is 0 Å². The van der Waals surface area contributed by atoms with Gasteiger partial charge in [-0.05, 0) is 12.8 Å². The van der Waals surface area contributed by atoms with Crippen molar-refractivity contribution in [1.82, 2.24) is 0 Å². The lowest BCUT2D eigenvalue weighted by atomic mass is 10.2. The van der Waals surface area contributed by atoms with Crippen molar-refractivity contribution in [2.75, 3.05) is 6.61 Å². The second kappa shape index (κ2) is 4.77. The fourth-order valence-electron chi connectivity index (χ4n) is 0.476. The molecular weight excluding hydrogens is 142 g/mol. The van der Waals surface area contributed by atoms with Crippen LogP contribution in [-0.4, -0.2) is 12.6 Å². The summed E-state index contributed by atoms with van der Waals surface area (Å²) in [6.07, 6.45) is 1.28. The summed E-state index contributed by atoms with van der Waals surface area (Å²) in [5, 5.41) is 0. The first-order chi connectivity index (χ1) is 5.02. The third kappa shape index (κ3) is 6.90. The fraction of sp³-hybridized carbons (Fsp3) is 0.625. The van der Waals surface area contributed by atoms with Crippen LogP contribution in [0.15, 0.2) is 11.8 Å². The molecule has 3 nitrogen and oxygen atoms in total. The van der Waals surface area contributed by atoms with E-state index >= 15 is 0 Å². The van der Waals surface area contributed by atoms with Crippen LogP contribution in [-0.2, 0) is 9.53 Å². The standard InChI is InChI=1S/C8H15NO2/c1-6(2)5-11-8(10)4-7(3)9/h4,6H,5,9H2,1-3H3. The summed E-state index contributed by atoms with van der Waals surface area (Å²) in [4.78, 5) is 10.8. The van der Waals surface area contributed by atoms with E-state index in [1.807, 2.05) is 13.8 Å². The van der Waals surface area contributed by atoms with Crippen molar-refractivity contribution in [1.29, 1.82) is 0 Å². The lowest BCUT2D eigenvalue weighted by Gasteiger charge is -2.03. The normalized spacial score (nSPS) is 11.8. The molecule has 0 heterocycles. The number of carbonyl (C=O) groups excluding carboxylic acids is 1. The molecule has 0 aliphatic heterocycles. The monoisotopic (exact) mass is 157 g/mol. The molecule has 0 saturated heterocycles. The molecule has 3 heteroatoms. The number of ether oxygens (including phenoxy) is 1. The zero-order valence-corrected chi connectivity index (χ0v) is 7.26. The predicted octanol–water partition coefficient (Wildman–Crippen LogP) is 1.05. The summed E-state index contributed by atoms with van der Waals surface area (Å²) in [7, 11) is 0. The lowest BCUT2D eigenvalue weighted by Crippen LogP contribution is -2.08. The van der Waals surface area contributed by atoms with Gasteiger partial charge in [-0.3, -0.25) is 0 Å².